The molecule has 2 atom stereocenters. The summed E-state index contributed by atoms with van der Waals surface area (Å²) < 4.78 is 0. The summed E-state index contributed by atoms with van der Waals surface area (Å²) in [5, 5.41) is 3.61. The highest BCUT2D eigenvalue weighted by atomic mass is 15.2. The summed E-state index contributed by atoms with van der Waals surface area (Å²) in [6.45, 7) is 6.55. The monoisotopic (exact) mass is 323 g/mol. The van der Waals surface area contributed by atoms with E-state index in [0.717, 1.165) is 28.6 Å². The van der Waals surface area contributed by atoms with E-state index in [9.17, 15) is 0 Å². The lowest BCUT2D eigenvalue weighted by molar-refractivity contribution is 0.182. The second kappa shape index (κ2) is 6.48. The molecule has 0 aliphatic carbocycles. The summed E-state index contributed by atoms with van der Waals surface area (Å²) in [6.07, 6.45) is 6.92. The molecule has 1 N–H and O–H groups in total. The van der Waals surface area contributed by atoms with Crippen molar-refractivity contribution in [1.82, 2.24) is 19.9 Å². The minimum Gasteiger partial charge on any atom is -0.350 e. The van der Waals surface area contributed by atoms with E-state index in [4.69, 9.17) is 4.98 Å². The van der Waals surface area contributed by atoms with E-state index in [0.29, 0.717) is 12.1 Å². The smallest absolute Gasteiger partial charge is 0.223 e. The van der Waals surface area contributed by atoms with Crippen LogP contribution in [0.3, 0.4) is 0 Å². The SMILES string of the molecule is Cc1ccc(-c2ccnc(N[C@H]3CCCN4CCC[C@@H]34)n2)c(C)n1. The molecule has 2 aromatic rings. The van der Waals surface area contributed by atoms with Crippen LogP contribution in [0.5, 0.6) is 0 Å². The molecule has 0 radical (unpaired) electrons. The Bertz CT molecular complexity index is 729. The van der Waals surface area contributed by atoms with Crippen molar-refractivity contribution in [2.24, 2.45) is 0 Å². The molecule has 0 bridgehead atoms. The van der Waals surface area contributed by atoms with Crippen molar-refractivity contribution in [2.75, 3.05) is 18.4 Å². The van der Waals surface area contributed by atoms with E-state index in [1.54, 1.807) is 0 Å². The Morgan fingerprint density at radius 2 is 1.88 bits per heavy atom. The van der Waals surface area contributed by atoms with Gasteiger partial charge in [-0.05, 0) is 70.8 Å². The zero-order chi connectivity index (χ0) is 16.5. The summed E-state index contributed by atoms with van der Waals surface area (Å²) in [5.74, 6) is 0.742. The highest BCUT2D eigenvalue weighted by Crippen LogP contribution is 2.29. The van der Waals surface area contributed by atoms with Gasteiger partial charge in [0.05, 0.1) is 5.69 Å². The van der Waals surface area contributed by atoms with Gasteiger partial charge in [0, 0.05) is 35.2 Å². The lowest BCUT2D eigenvalue weighted by Gasteiger charge is -2.37. The van der Waals surface area contributed by atoms with Gasteiger partial charge in [-0.3, -0.25) is 9.88 Å². The van der Waals surface area contributed by atoms with Gasteiger partial charge in [0.2, 0.25) is 5.95 Å². The number of rotatable bonds is 3. The van der Waals surface area contributed by atoms with Crippen molar-refractivity contribution in [3.63, 3.8) is 0 Å². The molecule has 2 fully saturated rings. The third-order valence-electron chi connectivity index (χ3n) is 5.31. The third kappa shape index (κ3) is 3.00. The van der Waals surface area contributed by atoms with E-state index >= 15 is 0 Å². The minimum absolute atomic E-state index is 0.466. The number of fused-ring (bicyclic) bond motifs is 1. The summed E-state index contributed by atoms with van der Waals surface area (Å²) >= 11 is 0. The first-order valence-corrected chi connectivity index (χ1v) is 8.99. The Labute approximate surface area is 143 Å². The van der Waals surface area contributed by atoms with Gasteiger partial charge >= 0.3 is 0 Å². The van der Waals surface area contributed by atoms with Gasteiger partial charge in [-0.15, -0.1) is 0 Å². The number of aryl methyl sites for hydroxylation is 2. The molecule has 126 valence electrons. The summed E-state index contributed by atoms with van der Waals surface area (Å²) in [4.78, 5) is 16.4. The molecule has 0 aromatic carbocycles. The van der Waals surface area contributed by atoms with Crippen molar-refractivity contribution in [2.45, 2.75) is 51.6 Å². The number of piperidine rings is 1. The van der Waals surface area contributed by atoms with Crippen molar-refractivity contribution < 1.29 is 0 Å². The Kier molecular flexibility index (Phi) is 4.19. The van der Waals surface area contributed by atoms with E-state index < -0.39 is 0 Å². The first-order chi connectivity index (χ1) is 11.7. The van der Waals surface area contributed by atoms with E-state index in [1.807, 2.05) is 32.2 Å². The topological polar surface area (TPSA) is 53.9 Å². The largest absolute Gasteiger partial charge is 0.350 e. The molecule has 0 saturated carbocycles. The maximum Gasteiger partial charge on any atom is 0.223 e. The fourth-order valence-corrected chi connectivity index (χ4v) is 4.16. The van der Waals surface area contributed by atoms with E-state index in [-0.39, 0.29) is 0 Å². The number of nitrogens with zero attached hydrogens (tertiary/aromatic N) is 4. The Morgan fingerprint density at radius 3 is 2.71 bits per heavy atom. The molecule has 2 aromatic heterocycles. The number of anilines is 1. The highest BCUT2D eigenvalue weighted by Gasteiger charge is 2.34. The molecular formula is C19H25N5. The van der Waals surface area contributed by atoms with Gasteiger partial charge in [-0.25, -0.2) is 9.97 Å². The third-order valence-corrected chi connectivity index (χ3v) is 5.31. The fraction of sp³-hybridized carbons (Fsp3) is 0.526. The molecule has 0 amide bonds. The number of nitrogens with one attached hydrogen (secondary N) is 1. The fourth-order valence-electron chi connectivity index (χ4n) is 4.16. The normalized spacial score (nSPS) is 23.9. The van der Waals surface area contributed by atoms with Crippen molar-refractivity contribution in [1.29, 1.82) is 0 Å². The minimum atomic E-state index is 0.466. The van der Waals surface area contributed by atoms with E-state index in [1.165, 1.54) is 38.8 Å². The molecule has 5 heteroatoms. The zero-order valence-corrected chi connectivity index (χ0v) is 14.5. The van der Waals surface area contributed by atoms with Crippen molar-refractivity contribution >= 4 is 5.95 Å². The van der Waals surface area contributed by atoms with Crippen LogP contribution in [0, 0.1) is 13.8 Å². The van der Waals surface area contributed by atoms with Crippen LogP contribution in [0.25, 0.3) is 11.3 Å². The first kappa shape index (κ1) is 15.5. The van der Waals surface area contributed by atoms with Crippen LogP contribution in [-0.4, -0.2) is 45.0 Å². The van der Waals surface area contributed by atoms with Crippen molar-refractivity contribution in [3.8, 4) is 11.3 Å². The molecule has 4 heterocycles. The Morgan fingerprint density at radius 1 is 1.04 bits per heavy atom. The first-order valence-electron chi connectivity index (χ1n) is 8.99. The van der Waals surface area contributed by atoms with Crippen LogP contribution in [0.2, 0.25) is 0 Å². The quantitative estimate of drug-likeness (QED) is 0.940. The lowest BCUT2D eigenvalue weighted by atomic mass is 9.96. The Balaban J connectivity index is 1.56. The van der Waals surface area contributed by atoms with Gasteiger partial charge in [0.15, 0.2) is 0 Å². The van der Waals surface area contributed by atoms with Crippen LogP contribution in [0.4, 0.5) is 5.95 Å². The van der Waals surface area contributed by atoms with Gasteiger partial charge in [-0.2, -0.15) is 0 Å². The summed E-state index contributed by atoms with van der Waals surface area (Å²) in [5.41, 5.74) is 4.07. The zero-order valence-electron chi connectivity index (χ0n) is 14.5. The maximum absolute atomic E-state index is 4.76. The molecule has 2 aliphatic rings. The predicted molar refractivity (Wildman–Crippen MR) is 96.0 cm³/mol. The summed E-state index contributed by atoms with van der Waals surface area (Å²) in [7, 11) is 0. The van der Waals surface area contributed by atoms with Crippen LogP contribution in [0.1, 0.15) is 37.1 Å². The van der Waals surface area contributed by atoms with Crippen LogP contribution in [0.15, 0.2) is 24.4 Å². The standard InChI is InChI=1S/C19H25N5/c1-13-7-8-15(14(2)21-13)16-9-10-20-19(22-16)23-17-5-3-11-24-12-4-6-18(17)24/h7-10,17-18H,3-6,11-12H2,1-2H3,(H,20,22,23)/t17-,18-/m0/s1. The second-order valence-corrected chi connectivity index (χ2v) is 6.99. The van der Waals surface area contributed by atoms with Crippen LogP contribution in [-0.2, 0) is 0 Å². The number of hydrogen-bond acceptors (Lipinski definition) is 5. The number of pyridine rings is 1. The molecule has 0 spiro atoms. The molecular weight excluding hydrogens is 298 g/mol. The van der Waals surface area contributed by atoms with Crippen molar-refractivity contribution in [3.05, 3.63) is 35.8 Å². The molecule has 4 rings (SSSR count). The van der Waals surface area contributed by atoms with E-state index in [2.05, 4.69) is 26.3 Å². The Hall–Kier alpha value is -2.01. The molecule has 2 saturated heterocycles. The molecule has 5 nitrogen and oxygen atoms in total. The lowest BCUT2D eigenvalue weighted by Crippen LogP contribution is -2.47. The molecule has 0 unspecified atom stereocenters. The van der Waals surface area contributed by atoms with Crippen LogP contribution >= 0.6 is 0 Å². The average molecular weight is 323 g/mol. The molecule has 24 heavy (non-hydrogen) atoms. The van der Waals surface area contributed by atoms with Gasteiger partial charge in [-0.1, -0.05) is 0 Å². The van der Waals surface area contributed by atoms with Gasteiger partial charge in [0.1, 0.15) is 0 Å². The second-order valence-electron chi connectivity index (χ2n) is 6.99. The van der Waals surface area contributed by atoms with Gasteiger partial charge < -0.3 is 5.32 Å². The van der Waals surface area contributed by atoms with Gasteiger partial charge in [0.25, 0.3) is 0 Å². The number of hydrogen-bond donors (Lipinski definition) is 1. The highest BCUT2D eigenvalue weighted by molar-refractivity contribution is 5.62. The average Bonchev–Trinajstić information content (AvgIpc) is 3.05. The summed E-state index contributed by atoms with van der Waals surface area (Å²) in [6, 6.07) is 7.22. The van der Waals surface area contributed by atoms with Crippen LogP contribution < -0.4 is 5.32 Å². The maximum atomic E-state index is 4.76. The predicted octanol–water partition coefficient (Wildman–Crippen LogP) is 3.19. The molecule has 2 aliphatic heterocycles. The number of aromatic nitrogens is 3.